The van der Waals surface area contributed by atoms with Gasteiger partial charge in [-0.05, 0) is 28.1 Å². The Hall–Kier alpha value is -0.160. The Kier molecular flexibility index (Phi) is 2.45. The number of hydrogen-bond acceptors (Lipinski definition) is 1. The SMILES string of the molecule is FC(F)(F)C1(Cl)C=CC(Br)=CN1. The summed E-state index contributed by atoms with van der Waals surface area (Å²) in [5.41, 5.74) is 0. The van der Waals surface area contributed by atoms with E-state index in [4.69, 9.17) is 11.6 Å². The van der Waals surface area contributed by atoms with Crippen molar-refractivity contribution in [1.29, 1.82) is 0 Å². The van der Waals surface area contributed by atoms with Crippen molar-refractivity contribution in [3.63, 3.8) is 0 Å². The van der Waals surface area contributed by atoms with E-state index < -0.39 is 11.2 Å². The highest BCUT2D eigenvalue weighted by Gasteiger charge is 2.52. The average Bonchev–Trinajstić information content (AvgIpc) is 1.93. The molecule has 0 radical (unpaired) electrons. The van der Waals surface area contributed by atoms with Crippen LogP contribution in [0, 0.1) is 0 Å². The lowest BCUT2D eigenvalue weighted by Gasteiger charge is -2.28. The summed E-state index contributed by atoms with van der Waals surface area (Å²) < 4.78 is 37.0. The highest BCUT2D eigenvalue weighted by atomic mass is 79.9. The largest absolute Gasteiger partial charge is 0.429 e. The highest BCUT2D eigenvalue weighted by molar-refractivity contribution is 9.11. The van der Waals surface area contributed by atoms with Crippen LogP contribution in [0.15, 0.2) is 22.8 Å². The maximum absolute atomic E-state index is 12.2. The molecule has 6 heteroatoms. The lowest BCUT2D eigenvalue weighted by molar-refractivity contribution is -0.155. The Labute approximate surface area is 80.4 Å². The summed E-state index contributed by atoms with van der Waals surface area (Å²) in [6.45, 7) is 0. The molecule has 1 aliphatic rings. The molecular formula is C6H4BrClF3N. The first-order valence-electron chi connectivity index (χ1n) is 2.93. The summed E-state index contributed by atoms with van der Waals surface area (Å²) in [4.78, 5) is -2.47. The van der Waals surface area contributed by atoms with E-state index in [0.717, 1.165) is 12.3 Å². The van der Waals surface area contributed by atoms with E-state index in [1.165, 1.54) is 6.08 Å². The molecule has 1 aliphatic heterocycles. The van der Waals surface area contributed by atoms with E-state index in [0.29, 0.717) is 4.48 Å². The molecule has 1 unspecified atom stereocenters. The molecule has 1 N–H and O–H groups in total. The van der Waals surface area contributed by atoms with E-state index in [2.05, 4.69) is 15.9 Å². The van der Waals surface area contributed by atoms with Gasteiger partial charge in [0, 0.05) is 10.7 Å². The molecule has 0 aromatic carbocycles. The van der Waals surface area contributed by atoms with Crippen molar-refractivity contribution in [2.45, 2.75) is 11.2 Å². The predicted molar refractivity (Wildman–Crippen MR) is 43.9 cm³/mol. The lowest BCUT2D eigenvalue weighted by Crippen LogP contribution is -2.49. The first kappa shape index (κ1) is 9.92. The maximum atomic E-state index is 12.2. The fourth-order valence-corrected chi connectivity index (χ4v) is 1.01. The van der Waals surface area contributed by atoms with Gasteiger partial charge in [0.1, 0.15) is 0 Å². The topological polar surface area (TPSA) is 12.0 Å². The van der Waals surface area contributed by atoms with Gasteiger partial charge in [0.15, 0.2) is 0 Å². The fourth-order valence-electron chi connectivity index (χ4n) is 0.641. The van der Waals surface area contributed by atoms with Gasteiger partial charge in [-0.1, -0.05) is 11.6 Å². The number of allylic oxidation sites excluding steroid dienone is 2. The predicted octanol–water partition coefficient (Wildman–Crippen LogP) is 2.88. The third-order valence-corrected chi connectivity index (χ3v) is 2.25. The molecule has 1 atom stereocenters. The Morgan fingerprint density at radius 1 is 1.50 bits per heavy atom. The third-order valence-electron chi connectivity index (χ3n) is 1.30. The Bertz CT molecular complexity index is 248. The number of nitrogens with one attached hydrogen (secondary N) is 1. The van der Waals surface area contributed by atoms with Gasteiger partial charge in [-0.15, -0.1) is 0 Å². The van der Waals surface area contributed by atoms with Crippen LogP contribution >= 0.6 is 27.5 Å². The zero-order chi connectivity index (χ0) is 9.41. The van der Waals surface area contributed by atoms with Gasteiger partial charge in [-0.25, -0.2) is 0 Å². The van der Waals surface area contributed by atoms with Crippen LogP contribution in [-0.4, -0.2) is 11.2 Å². The monoisotopic (exact) mass is 261 g/mol. The highest BCUT2D eigenvalue weighted by Crippen LogP contribution is 2.37. The number of alkyl halides is 4. The Morgan fingerprint density at radius 2 is 2.08 bits per heavy atom. The molecule has 0 aromatic rings. The van der Waals surface area contributed by atoms with Crippen LogP contribution in [0.2, 0.25) is 0 Å². The van der Waals surface area contributed by atoms with Crippen LogP contribution < -0.4 is 5.32 Å². The van der Waals surface area contributed by atoms with Gasteiger partial charge in [0.05, 0.1) is 0 Å². The minimum Gasteiger partial charge on any atom is -0.361 e. The molecule has 0 aromatic heterocycles. The molecule has 0 amide bonds. The lowest BCUT2D eigenvalue weighted by atomic mass is 10.2. The first-order chi connectivity index (χ1) is 5.35. The minimum atomic E-state index is -4.50. The normalized spacial score (nSPS) is 29.6. The summed E-state index contributed by atoms with van der Waals surface area (Å²) >= 11 is 8.22. The van der Waals surface area contributed by atoms with Crippen LogP contribution in [0.1, 0.15) is 0 Å². The van der Waals surface area contributed by atoms with Crippen molar-refractivity contribution in [2.75, 3.05) is 0 Å². The van der Waals surface area contributed by atoms with Crippen LogP contribution in [-0.2, 0) is 0 Å². The van der Waals surface area contributed by atoms with Crippen molar-refractivity contribution < 1.29 is 13.2 Å². The quantitative estimate of drug-likeness (QED) is 0.523. The van der Waals surface area contributed by atoms with Crippen molar-refractivity contribution in [2.24, 2.45) is 0 Å². The average molecular weight is 262 g/mol. The molecular weight excluding hydrogens is 258 g/mol. The fraction of sp³-hybridized carbons (Fsp3) is 0.333. The molecule has 0 saturated heterocycles. The van der Waals surface area contributed by atoms with Gasteiger partial charge in [-0.3, -0.25) is 0 Å². The van der Waals surface area contributed by atoms with Gasteiger partial charge in [0.25, 0.3) is 0 Å². The molecule has 0 spiro atoms. The molecule has 0 bridgehead atoms. The van der Waals surface area contributed by atoms with E-state index in [1.807, 2.05) is 5.32 Å². The third kappa shape index (κ3) is 1.77. The van der Waals surface area contributed by atoms with Crippen LogP contribution in [0.25, 0.3) is 0 Å². The van der Waals surface area contributed by atoms with E-state index in [1.54, 1.807) is 0 Å². The number of halogens is 5. The van der Waals surface area contributed by atoms with E-state index >= 15 is 0 Å². The summed E-state index contributed by atoms with van der Waals surface area (Å²) in [7, 11) is 0. The maximum Gasteiger partial charge on any atom is 0.429 e. The van der Waals surface area contributed by atoms with Crippen LogP contribution in [0.5, 0.6) is 0 Å². The summed E-state index contributed by atoms with van der Waals surface area (Å²) in [6.07, 6.45) is -1.26. The van der Waals surface area contributed by atoms with Gasteiger partial charge in [-0.2, -0.15) is 13.2 Å². The van der Waals surface area contributed by atoms with Crippen LogP contribution in [0.3, 0.4) is 0 Å². The Balaban J connectivity index is 2.86. The first-order valence-corrected chi connectivity index (χ1v) is 4.10. The summed E-state index contributed by atoms with van der Waals surface area (Å²) in [5.74, 6) is 0. The second-order valence-electron chi connectivity index (χ2n) is 2.22. The van der Waals surface area contributed by atoms with Gasteiger partial charge >= 0.3 is 6.18 Å². The second kappa shape index (κ2) is 2.96. The van der Waals surface area contributed by atoms with Crippen molar-refractivity contribution in [1.82, 2.24) is 5.32 Å². The molecule has 1 nitrogen and oxygen atoms in total. The molecule has 0 fully saturated rings. The van der Waals surface area contributed by atoms with Crippen LogP contribution in [0.4, 0.5) is 13.2 Å². The second-order valence-corrected chi connectivity index (χ2v) is 3.73. The molecule has 1 rings (SSSR count). The molecule has 68 valence electrons. The zero-order valence-corrected chi connectivity index (χ0v) is 7.96. The van der Waals surface area contributed by atoms with Gasteiger partial charge in [0.2, 0.25) is 5.00 Å². The standard InChI is InChI=1S/C6H4BrClF3N/c7-4-1-2-5(8,12-3-4)6(9,10)11/h1-3,12H. The van der Waals surface area contributed by atoms with Crippen molar-refractivity contribution >= 4 is 27.5 Å². The smallest absolute Gasteiger partial charge is 0.361 e. The molecule has 1 heterocycles. The summed E-state index contributed by atoms with van der Waals surface area (Å²) in [5, 5.41) is 2.03. The number of hydrogen-bond donors (Lipinski definition) is 1. The van der Waals surface area contributed by atoms with E-state index in [9.17, 15) is 13.2 Å². The summed E-state index contributed by atoms with van der Waals surface area (Å²) in [6, 6.07) is 0. The molecule has 0 saturated carbocycles. The zero-order valence-electron chi connectivity index (χ0n) is 5.62. The molecule has 0 aliphatic carbocycles. The van der Waals surface area contributed by atoms with Crippen molar-refractivity contribution in [3.05, 3.63) is 22.8 Å². The van der Waals surface area contributed by atoms with Gasteiger partial charge < -0.3 is 5.32 Å². The number of rotatable bonds is 0. The number of dihydropyridines is 1. The molecule has 12 heavy (non-hydrogen) atoms. The Morgan fingerprint density at radius 3 is 2.42 bits per heavy atom. The van der Waals surface area contributed by atoms with Crippen molar-refractivity contribution in [3.8, 4) is 0 Å². The minimum absolute atomic E-state index is 0.517. The van der Waals surface area contributed by atoms with E-state index in [-0.39, 0.29) is 0 Å².